The van der Waals surface area contributed by atoms with Crippen LogP contribution in [0.2, 0.25) is 0 Å². The van der Waals surface area contributed by atoms with Gasteiger partial charge in [-0.05, 0) is 39.0 Å². The molecule has 0 saturated carbocycles. The highest BCUT2D eigenvalue weighted by molar-refractivity contribution is 6.10. The van der Waals surface area contributed by atoms with E-state index >= 15 is 4.39 Å². The maximum atomic E-state index is 15.0. The summed E-state index contributed by atoms with van der Waals surface area (Å²) in [7, 11) is 0. The topological polar surface area (TPSA) is 70.8 Å². The van der Waals surface area contributed by atoms with Gasteiger partial charge in [0, 0.05) is 16.9 Å². The summed E-state index contributed by atoms with van der Waals surface area (Å²) in [6.45, 7) is 5.45. The van der Waals surface area contributed by atoms with E-state index in [1.165, 1.54) is 6.07 Å². The van der Waals surface area contributed by atoms with Crippen molar-refractivity contribution in [3.8, 4) is 11.8 Å². The van der Waals surface area contributed by atoms with Crippen molar-refractivity contribution >= 4 is 32.8 Å². The van der Waals surface area contributed by atoms with Crippen molar-refractivity contribution in [2.24, 2.45) is 0 Å². The van der Waals surface area contributed by atoms with Crippen LogP contribution in [0.1, 0.15) is 32.4 Å². The second-order valence-corrected chi connectivity index (χ2v) is 6.85. The van der Waals surface area contributed by atoms with Crippen LogP contribution in [-0.4, -0.2) is 16.2 Å². The van der Waals surface area contributed by atoms with Crippen LogP contribution >= 0.6 is 0 Å². The van der Waals surface area contributed by atoms with E-state index in [9.17, 15) is 9.18 Å². The van der Waals surface area contributed by atoms with Gasteiger partial charge in [-0.15, -0.1) is 0 Å². The molecule has 0 atom stereocenters. The van der Waals surface area contributed by atoms with Crippen molar-refractivity contribution in [3.05, 3.63) is 51.7 Å². The van der Waals surface area contributed by atoms with E-state index in [2.05, 4.69) is 11.1 Å². The molecule has 2 aromatic heterocycles. The first-order chi connectivity index (χ1) is 13.4. The molecule has 142 valence electrons. The predicted molar refractivity (Wildman–Crippen MR) is 104 cm³/mol. The zero-order valence-corrected chi connectivity index (χ0v) is 15.6. The van der Waals surface area contributed by atoms with Gasteiger partial charge in [0.1, 0.15) is 5.65 Å². The number of halogens is 2. The average molecular weight is 381 g/mol. The Kier molecular flexibility index (Phi) is 4.07. The molecule has 2 aromatic carbocycles. The summed E-state index contributed by atoms with van der Waals surface area (Å²) in [6, 6.07) is 8.00. The normalized spacial score (nSPS) is 11.6. The minimum Gasteiger partial charge on any atom is -0.491 e. The Labute approximate surface area is 158 Å². The largest absolute Gasteiger partial charge is 0.491 e. The van der Waals surface area contributed by atoms with E-state index in [0.717, 1.165) is 0 Å². The zero-order chi connectivity index (χ0) is 20.2. The summed E-state index contributed by atoms with van der Waals surface area (Å²) in [5.74, 6) is -2.53. The Morgan fingerprint density at radius 3 is 2.61 bits per heavy atom. The number of nitriles is 1. The number of rotatable bonds is 3. The van der Waals surface area contributed by atoms with E-state index in [1.54, 1.807) is 29.7 Å². The first kappa shape index (κ1) is 18.0. The average Bonchev–Trinajstić information content (AvgIpc) is 3.04. The molecule has 0 bridgehead atoms. The molecule has 28 heavy (non-hydrogen) atoms. The van der Waals surface area contributed by atoms with Crippen LogP contribution in [0.25, 0.3) is 32.8 Å². The second kappa shape index (κ2) is 6.34. The van der Waals surface area contributed by atoms with Crippen molar-refractivity contribution in [1.82, 2.24) is 9.55 Å². The van der Waals surface area contributed by atoms with Crippen molar-refractivity contribution < 1.29 is 13.5 Å². The third-order valence-corrected chi connectivity index (χ3v) is 4.83. The molecule has 0 spiro atoms. The summed E-state index contributed by atoms with van der Waals surface area (Å²) in [5.41, 5.74) is 0.878. The molecule has 1 N–H and O–H groups in total. The molecule has 0 aliphatic carbocycles. The number of hydrogen-bond donors (Lipinski definition) is 1. The molecular weight excluding hydrogens is 364 g/mol. The summed E-state index contributed by atoms with van der Waals surface area (Å²) < 4.78 is 36.3. The van der Waals surface area contributed by atoms with Crippen LogP contribution in [0.5, 0.6) is 5.75 Å². The number of H-pyrrole nitrogens is 1. The number of hydrogen-bond acceptors (Lipinski definition) is 3. The van der Waals surface area contributed by atoms with Crippen LogP contribution in [0.3, 0.4) is 0 Å². The van der Waals surface area contributed by atoms with Crippen LogP contribution < -0.4 is 10.2 Å². The van der Waals surface area contributed by atoms with Crippen molar-refractivity contribution in [2.45, 2.75) is 26.8 Å². The van der Waals surface area contributed by atoms with E-state index in [4.69, 9.17) is 10.00 Å². The summed E-state index contributed by atoms with van der Waals surface area (Å²) >= 11 is 0. The highest BCUT2D eigenvalue weighted by atomic mass is 19.2. The molecule has 0 aliphatic rings. The molecule has 5 nitrogen and oxygen atoms in total. The van der Waals surface area contributed by atoms with Gasteiger partial charge < -0.3 is 14.3 Å². The van der Waals surface area contributed by atoms with Crippen molar-refractivity contribution in [1.29, 1.82) is 5.26 Å². The Balaban J connectivity index is 2.30. The number of nitrogens with zero attached hydrogens (tertiary/aromatic N) is 2. The fraction of sp³-hybridized carbons (Fsp3) is 0.238. The quantitative estimate of drug-likeness (QED) is 0.556. The number of ether oxygens (including phenoxy) is 1. The van der Waals surface area contributed by atoms with Gasteiger partial charge in [-0.1, -0.05) is 6.07 Å². The lowest BCUT2D eigenvalue weighted by molar-refractivity contribution is 0.315. The highest BCUT2D eigenvalue weighted by Gasteiger charge is 2.24. The van der Waals surface area contributed by atoms with E-state index in [1.807, 2.05) is 13.8 Å². The number of nitrogens with one attached hydrogen (secondary N) is 1. The molecule has 0 fully saturated rings. The number of fused-ring (bicyclic) bond motifs is 4. The number of benzene rings is 2. The maximum Gasteiger partial charge on any atom is 0.202 e. The lowest BCUT2D eigenvalue weighted by Crippen LogP contribution is -2.15. The molecule has 0 amide bonds. The first-order valence-corrected chi connectivity index (χ1v) is 8.93. The van der Waals surface area contributed by atoms with Crippen LogP contribution in [0.15, 0.2) is 29.1 Å². The van der Waals surface area contributed by atoms with Crippen LogP contribution in [0.4, 0.5) is 8.78 Å². The Morgan fingerprint density at radius 1 is 1.21 bits per heavy atom. The molecule has 0 unspecified atom stereocenters. The molecule has 2 heterocycles. The fourth-order valence-electron chi connectivity index (χ4n) is 3.69. The lowest BCUT2D eigenvalue weighted by Gasteiger charge is -2.18. The number of aromatic amines is 1. The SMILES string of the molecule is CCOc1cc2c(=O)c3c4ccc(C#N)cc4[nH]c3n(C(C)C)c2c(F)c1F. The molecule has 4 aromatic rings. The fourth-order valence-corrected chi connectivity index (χ4v) is 3.69. The smallest absolute Gasteiger partial charge is 0.202 e. The minimum absolute atomic E-state index is 0.0498. The highest BCUT2D eigenvalue weighted by Crippen LogP contribution is 2.34. The molecule has 0 aliphatic heterocycles. The molecule has 7 heteroatoms. The molecule has 0 radical (unpaired) electrons. The standard InChI is InChI=1S/C21H17F2N3O2/c1-4-28-15-8-13-19(18(23)17(15)22)26(10(2)3)21-16(20(13)27)12-6-5-11(9-24)7-14(12)25-21/h5-8,10,25H,4H2,1-3H3. The van der Waals surface area contributed by atoms with Gasteiger partial charge in [-0.25, -0.2) is 4.39 Å². The summed E-state index contributed by atoms with van der Waals surface area (Å²) in [4.78, 5) is 16.4. The van der Waals surface area contributed by atoms with E-state index in [-0.39, 0.29) is 29.3 Å². The van der Waals surface area contributed by atoms with Gasteiger partial charge in [-0.2, -0.15) is 9.65 Å². The minimum atomic E-state index is -1.12. The summed E-state index contributed by atoms with van der Waals surface area (Å²) in [6.07, 6.45) is 0. The van der Waals surface area contributed by atoms with Crippen molar-refractivity contribution in [3.63, 3.8) is 0 Å². The van der Waals surface area contributed by atoms with E-state index in [0.29, 0.717) is 27.5 Å². The Bertz CT molecular complexity index is 1360. The van der Waals surface area contributed by atoms with Crippen LogP contribution in [0, 0.1) is 23.0 Å². The van der Waals surface area contributed by atoms with Crippen LogP contribution in [-0.2, 0) is 0 Å². The van der Waals surface area contributed by atoms with Gasteiger partial charge in [0.25, 0.3) is 0 Å². The monoisotopic (exact) mass is 381 g/mol. The van der Waals surface area contributed by atoms with Gasteiger partial charge in [0.15, 0.2) is 17.0 Å². The Hall–Kier alpha value is -3.40. The first-order valence-electron chi connectivity index (χ1n) is 8.93. The molecule has 0 saturated heterocycles. The lowest BCUT2D eigenvalue weighted by atomic mass is 10.1. The van der Waals surface area contributed by atoms with Gasteiger partial charge in [0.2, 0.25) is 5.82 Å². The van der Waals surface area contributed by atoms with Gasteiger partial charge in [0.05, 0.1) is 34.5 Å². The summed E-state index contributed by atoms with van der Waals surface area (Å²) in [5, 5.41) is 10.2. The molecular formula is C21H17F2N3O2. The third kappa shape index (κ3) is 2.38. The third-order valence-electron chi connectivity index (χ3n) is 4.83. The molecule has 4 rings (SSSR count). The van der Waals surface area contributed by atoms with Gasteiger partial charge >= 0.3 is 0 Å². The van der Waals surface area contributed by atoms with Gasteiger partial charge in [-0.3, -0.25) is 4.79 Å². The number of aromatic nitrogens is 2. The number of pyridine rings is 1. The van der Waals surface area contributed by atoms with E-state index < -0.39 is 17.1 Å². The second-order valence-electron chi connectivity index (χ2n) is 6.85. The van der Waals surface area contributed by atoms with Crippen molar-refractivity contribution in [2.75, 3.05) is 6.61 Å². The zero-order valence-electron chi connectivity index (χ0n) is 15.6. The maximum absolute atomic E-state index is 15.0. The Morgan fingerprint density at radius 2 is 1.96 bits per heavy atom. The predicted octanol–water partition coefficient (Wildman–Crippen LogP) is 4.77.